The number of halogens is 1. The number of hydrogen-bond donors (Lipinski definition) is 1. The number of carbonyl (C=O) groups is 1. The summed E-state index contributed by atoms with van der Waals surface area (Å²) in [5.74, 6) is 0.136. The van der Waals surface area contributed by atoms with Gasteiger partial charge in [-0.3, -0.25) is 4.79 Å². The lowest BCUT2D eigenvalue weighted by atomic mass is 10.2. The van der Waals surface area contributed by atoms with Crippen LogP contribution >= 0.6 is 15.9 Å². The van der Waals surface area contributed by atoms with Crippen LogP contribution in [0, 0.1) is 18.3 Å². The summed E-state index contributed by atoms with van der Waals surface area (Å²) in [6.45, 7) is 1.70. The van der Waals surface area contributed by atoms with Crippen LogP contribution in [0.4, 0.5) is 5.69 Å². The molecule has 90 valence electrons. The fourth-order valence-electron chi connectivity index (χ4n) is 1.38. The van der Waals surface area contributed by atoms with Crippen LogP contribution in [0.15, 0.2) is 33.3 Å². The van der Waals surface area contributed by atoms with E-state index in [1.54, 1.807) is 25.1 Å². The fraction of sp³-hybridized carbons (Fsp3) is 0.0833. The maximum atomic E-state index is 11.8. The van der Waals surface area contributed by atoms with Gasteiger partial charge in [0, 0.05) is 10.5 Å². The number of amides is 1. The molecule has 0 atom stereocenters. The van der Waals surface area contributed by atoms with Crippen LogP contribution < -0.4 is 5.32 Å². The van der Waals surface area contributed by atoms with Crippen LogP contribution in [0.1, 0.15) is 21.8 Å². The molecule has 0 aliphatic carbocycles. The Kier molecular flexibility index (Phi) is 3.44. The molecule has 0 saturated carbocycles. The van der Waals surface area contributed by atoms with Crippen molar-refractivity contribution >= 4 is 27.5 Å². The van der Waals surface area contributed by atoms with E-state index in [0.29, 0.717) is 17.0 Å². The van der Waals surface area contributed by atoms with E-state index in [9.17, 15) is 4.79 Å². The maximum Gasteiger partial charge on any atom is 0.277 e. The van der Waals surface area contributed by atoms with Crippen LogP contribution in [0.5, 0.6) is 0 Å². The van der Waals surface area contributed by atoms with E-state index in [1.165, 1.54) is 6.07 Å². The van der Waals surface area contributed by atoms with Crippen LogP contribution in [-0.2, 0) is 0 Å². The molecule has 2 aromatic rings. The normalized spacial score (nSPS) is 9.83. The highest BCUT2D eigenvalue weighted by atomic mass is 79.9. The van der Waals surface area contributed by atoms with E-state index in [4.69, 9.17) is 9.78 Å². The predicted octanol–water partition coefficient (Wildman–Crippen LogP) is 2.87. The van der Waals surface area contributed by atoms with E-state index in [0.717, 1.165) is 4.47 Å². The summed E-state index contributed by atoms with van der Waals surface area (Å²) < 4.78 is 5.59. The average Bonchev–Trinajstić information content (AvgIpc) is 2.76. The monoisotopic (exact) mass is 305 g/mol. The Morgan fingerprint density at radius 1 is 1.50 bits per heavy atom. The Labute approximate surface area is 112 Å². The standard InChI is InChI=1S/C12H8BrN3O2/c1-7-4-11(16-18-7)12(17)15-10-5-9(13)3-2-8(10)6-14/h2-5H,1H3,(H,15,17). The third kappa shape index (κ3) is 2.57. The second-order valence-corrected chi connectivity index (χ2v) is 4.49. The number of rotatable bonds is 2. The van der Waals surface area contributed by atoms with Crippen LogP contribution in [0.25, 0.3) is 0 Å². The number of benzene rings is 1. The van der Waals surface area contributed by atoms with Crippen molar-refractivity contribution in [3.63, 3.8) is 0 Å². The Balaban J connectivity index is 2.27. The molecule has 1 amide bonds. The van der Waals surface area contributed by atoms with Crippen molar-refractivity contribution in [3.8, 4) is 6.07 Å². The first-order valence-electron chi connectivity index (χ1n) is 5.04. The molecule has 0 aliphatic heterocycles. The summed E-state index contributed by atoms with van der Waals surface area (Å²) in [7, 11) is 0. The highest BCUT2D eigenvalue weighted by molar-refractivity contribution is 9.10. The molecule has 1 aromatic heterocycles. The Hall–Kier alpha value is -2.13. The molecule has 0 radical (unpaired) electrons. The van der Waals surface area contributed by atoms with Gasteiger partial charge in [-0.2, -0.15) is 5.26 Å². The number of carbonyl (C=O) groups excluding carboxylic acids is 1. The summed E-state index contributed by atoms with van der Waals surface area (Å²) in [6, 6.07) is 8.54. The van der Waals surface area contributed by atoms with E-state index in [-0.39, 0.29) is 5.69 Å². The van der Waals surface area contributed by atoms with Gasteiger partial charge in [0.25, 0.3) is 5.91 Å². The van der Waals surface area contributed by atoms with Crippen LogP contribution in [0.3, 0.4) is 0 Å². The number of nitrogens with one attached hydrogen (secondary N) is 1. The van der Waals surface area contributed by atoms with E-state index < -0.39 is 5.91 Å². The quantitative estimate of drug-likeness (QED) is 0.925. The van der Waals surface area contributed by atoms with Crippen molar-refractivity contribution in [3.05, 3.63) is 45.8 Å². The molecule has 1 N–H and O–H groups in total. The molecule has 6 heteroatoms. The minimum absolute atomic E-state index is 0.177. The lowest BCUT2D eigenvalue weighted by molar-refractivity contribution is 0.101. The minimum Gasteiger partial charge on any atom is -0.361 e. The first-order valence-corrected chi connectivity index (χ1v) is 5.84. The number of aryl methyl sites for hydroxylation is 1. The van der Waals surface area contributed by atoms with Crippen LogP contribution in [0.2, 0.25) is 0 Å². The third-order valence-electron chi connectivity index (χ3n) is 2.21. The molecule has 1 aromatic carbocycles. The van der Waals surface area contributed by atoms with Gasteiger partial charge in [0.05, 0.1) is 11.3 Å². The lowest BCUT2D eigenvalue weighted by Crippen LogP contribution is -2.13. The molecule has 1 heterocycles. The Morgan fingerprint density at radius 2 is 2.28 bits per heavy atom. The zero-order chi connectivity index (χ0) is 13.1. The minimum atomic E-state index is -0.415. The Bertz CT molecular complexity index is 643. The van der Waals surface area contributed by atoms with Crippen molar-refractivity contribution in [2.24, 2.45) is 0 Å². The van der Waals surface area contributed by atoms with Crippen LogP contribution in [-0.4, -0.2) is 11.1 Å². The topological polar surface area (TPSA) is 78.9 Å². The molecule has 2 rings (SSSR count). The number of aromatic nitrogens is 1. The van der Waals surface area contributed by atoms with Gasteiger partial charge in [-0.1, -0.05) is 21.1 Å². The highest BCUT2D eigenvalue weighted by Crippen LogP contribution is 2.21. The molecule has 0 unspecified atom stereocenters. The van der Waals surface area contributed by atoms with Gasteiger partial charge < -0.3 is 9.84 Å². The molecule has 0 fully saturated rings. The summed E-state index contributed by atoms with van der Waals surface area (Å²) >= 11 is 3.28. The predicted molar refractivity (Wildman–Crippen MR) is 68.1 cm³/mol. The van der Waals surface area contributed by atoms with Gasteiger partial charge in [-0.25, -0.2) is 0 Å². The second kappa shape index (κ2) is 5.02. The second-order valence-electron chi connectivity index (χ2n) is 3.58. The Morgan fingerprint density at radius 3 is 2.89 bits per heavy atom. The number of hydrogen-bond acceptors (Lipinski definition) is 4. The zero-order valence-electron chi connectivity index (χ0n) is 9.40. The first-order chi connectivity index (χ1) is 8.60. The molecule has 18 heavy (non-hydrogen) atoms. The lowest BCUT2D eigenvalue weighted by Gasteiger charge is -2.05. The molecule has 0 aliphatic rings. The van der Waals surface area contributed by atoms with Gasteiger partial charge >= 0.3 is 0 Å². The molecule has 5 nitrogen and oxygen atoms in total. The molecule has 0 saturated heterocycles. The molecular weight excluding hydrogens is 298 g/mol. The number of nitriles is 1. The summed E-state index contributed by atoms with van der Waals surface area (Å²) in [6.07, 6.45) is 0. The van der Waals surface area contributed by atoms with E-state index in [1.807, 2.05) is 6.07 Å². The van der Waals surface area contributed by atoms with E-state index in [2.05, 4.69) is 26.4 Å². The van der Waals surface area contributed by atoms with Gasteiger partial charge in [0.2, 0.25) is 0 Å². The van der Waals surface area contributed by atoms with E-state index >= 15 is 0 Å². The highest BCUT2D eigenvalue weighted by Gasteiger charge is 2.13. The SMILES string of the molecule is Cc1cc(C(=O)Nc2cc(Br)ccc2C#N)no1. The summed E-state index contributed by atoms with van der Waals surface area (Å²) in [5.41, 5.74) is 0.987. The fourth-order valence-corrected chi connectivity index (χ4v) is 1.74. The largest absolute Gasteiger partial charge is 0.361 e. The van der Waals surface area contributed by atoms with Crippen molar-refractivity contribution < 1.29 is 9.32 Å². The van der Waals surface area contributed by atoms with Gasteiger partial charge in [0.1, 0.15) is 11.8 Å². The van der Waals surface area contributed by atoms with Crippen molar-refractivity contribution in [1.29, 1.82) is 5.26 Å². The van der Waals surface area contributed by atoms with Crippen molar-refractivity contribution in [2.45, 2.75) is 6.92 Å². The van der Waals surface area contributed by atoms with Gasteiger partial charge in [-0.05, 0) is 25.1 Å². The average molecular weight is 306 g/mol. The number of nitrogens with zero attached hydrogens (tertiary/aromatic N) is 2. The van der Waals surface area contributed by atoms with Crippen molar-refractivity contribution in [1.82, 2.24) is 5.16 Å². The van der Waals surface area contributed by atoms with Crippen molar-refractivity contribution in [2.75, 3.05) is 5.32 Å². The first kappa shape index (κ1) is 12.3. The third-order valence-corrected chi connectivity index (χ3v) is 2.70. The molecule has 0 spiro atoms. The summed E-state index contributed by atoms with van der Waals surface area (Å²) in [4.78, 5) is 11.8. The molecule has 0 bridgehead atoms. The van der Waals surface area contributed by atoms with Gasteiger partial charge in [0.15, 0.2) is 5.69 Å². The zero-order valence-corrected chi connectivity index (χ0v) is 11.0. The smallest absolute Gasteiger partial charge is 0.277 e. The summed E-state index contributed by atoms with van der Waals surface area (Å²) in [5, 5.41) is 15.2. The number of anilines is 1. The molecular formula is C12H8BrN3O2. The van der Waals surface area contributed by atoms with Gasteiger partial charge in [-0.15, -0.1) is 0 Å². The maximum absolute atomic E-state index is 11.8.